The SMILES string of the molecule is CC1CCCN(C(=O)NCc2cccc(Cn3ccnc3)c2)C1. The number of carbonyl (C=O) groups excluding carboxylic acids is 1. The Morgan fingerprint density at radius 2 is 2.26 bits per heavy atom. The summed E-state index contributed by atoms with van der Waals surface area (Å²) in [5, 5.41) is 3.04. The smallest absolute Gasteiger partial charge is 0.317 e. The molecule has 2 amide bonds. The van der Waals surface area contributed by atoms with Crippen LogP contribution in [-0.2, 0) is 13.1 Å². The van der Waals surface area contributed by atoms with Crippen LogP contribution < -0.4 is 5.32 Å². The first-order valence-corrected chi connectivity index (χ1v) is 8.27. The van der Waals surface area contributed by atoms with Crippen LogP contribution in [0.4, 0.5) is 4.79 Å². The summed E-state index contributed by atoms with van der Waals surface area (Å²) in [4.78, 5) is 18.3. The zero-order valence-corrected chi connectivity index (χ0v) is 13.6. The van der Waals surface area contributed by atoms with E-state index in [1.807, 2.05) is 28.1 Å². The second-order valence-corrected chi connectivity index (χ2v) is 6.41. The Labute approximate surface area is 137 Å². The number of amides is 2. The zero-order chi connectivity index (χ0) is 16.1. The summed E-state index contributed by atoms with van der Waals surface area (Å²) in [5.74, 6) is 0.605. The van der Waals surface area contributed by atoms with Crippen molar-refractivity contribution in [2.75, 3.05) is 13.1 Å². The Balaban J connectivity index is 1.54. The molecule has 5 heteroatoms. The van der Waals surface area contributed by atoms with E-state index in [1.165, 1.54) is 12.0 Å². The molecular formula is C18H24N4O. The summed E-state index contributed by atoms with van der Waals surface area (Å²) < 4.78 is 2.03. The van der Waals surface area contributed by atoms with E-state index in [0.29, 0.717) is 12.5 Å². The normalized spacial score (nSPS) is 18.0. The number of piperidine rings is 1. The van der Waals surface area contributed by atoms with Gasteiger partial charge in [-0.1, -0.05) is 31.2 Å². The van der Waals surface area contributed by atoms with Crippen LogP contribution in [0.3, 0.4) is 0 Å². The van der Waals surface area contributed by atoms with Crippen LogP contribution in [0.25, 0.3) is 0 Å². The Morgan fingerprint density at radius 1 is 1.39 bits per heavy atom. The molecule has 0 saturated carbocycles. The van der Waals surface area contributed by atoms with Gasteiger partial charge in [0.15, 0.2) is 0 Å². The van der Waals surface area contributed by atoms with Crippen molar-refractivity contribution < 1.29 is 4.79 Å². The fourth-order valence-corrected chi connectivity index (χ4v) is 3.09. The minimum atomic E-state index is 0.0524. The topological polar surface area (TPSA) is 50.2 Å². The van der Waals surface area contributed by atoms with Crippen molar-refractivity contribution in [3.05, 3.63) is 54.1 Å². The van der Waals surface area contributed by atoms with Crippen LogP contribution in [0, 0.1) is 5.92 Å². The molecule has 1 aliphatic rings. The predicted molar refractivity (Wildman–Crippen MR) is 90.0 cm³/mol. The number of carbonyl (C=O) groups is 1. The second kappa shape index (κ2) is 7.31. The maximum atomic E-state index is 12.3. The maximum Gasteiger partial charge on any atom is 0.317 e. The number of rotatable bonds is 4. The number of nitrogens with zero attached hydrogens (tertiary/aromatic N) is 3. The third-order valence-electron chi connectivity index (χ3n) is 4.30. The van der Waals surface area contributed by atoms with Crippen molar-refractivity contribution in [2.45, 2.75) is 32.9 Å². The average Bonchev–Trinajstić information content (AvgIpc) is 3.06. The number of benzene rings is 1. The van der Waals surface area contributed by atoms with E-state index in [4.69, 9.17) is 0 Å². The van der Waals surface area contributed by atoms with Gasteiger partial charge in [-0.3, -0.25) is 0 Å². The fraction of sp³-hybridized carbons (Fsp3) is 0.444. The molecule has 1 saturated heterocycles. The highest BCUT2D eigenvalue weighted by Crippen LogP contribution is 2.15. The molecule has 0 bridgehead atoms. The highest BCUT2D eigenvalue weighted by molar-refractivity contribution is 5.74. The van der Waals surface area contributed by atoms with E-state index in [1.54, 1.807) is 6.20 Å². The molecule has 1 aromatic heterocycles. The van der Waals surface area contributed by atoms with E-state index in [0.717, 1.165) is 31.6 Å². The van der Waals surface area contributed by atoms with E-state index in [2.05, 4.69) is 35.4 Å². The van der Waals surface area contributed by atoms with E-state index in [9.17, 15) is 4.79 Å². The first-order chi connectivity index (χ1) is 11.2. The molecule has 122 valence electrons. The molecule has 1 aromatic carbocycles. The number of urea groups is 1. The Hall–Kier alpha value is -2.30. The highest BCUT2D eigenvalue weighted by atomic mass is 16.2. The van der Waals surface area contributed by atoms with Gasteiger partial charge in [-0.05, 0) is 29.9 Å². The van der Waals surface area contributed by atoms with Gasteiger partial charge in [0.1, 0.15) is 0 Å². The lowest BCUT2D eigenvalue weighted by molar-refractivity contribution is 0.169. The van der Waals surface area contributed by atoms with Gasteiger partial charge in [0, 0.05) is 38.6 Å². The molecule has 1 aliphatic heterocycles. The molecule has 1 atom stereocenters. The second-order valence-electron chi connectivity index (χ2n) is 6.41. The lowest BCUT2D eigenvalue weighted by Gasteiger charge is -2.31. The molecule has 0 aliphatic carbocycles. The van der Waals surface area contributed by atoms with Crippen molar-refractivity contribution in [1.82, 2.24) is 19.8 Å². The zero-order valence-electron chi connectivity index (χ0n) is 13.6. The highest BCUT2D eigenvalue weighted by Gasteiger charge is 2.20. The number of nitrogens with one attached hydrogen (secondary N) is 1. The molecule has 5 nitrogen and oxygen atoms in total. The van der Waals surface area contributed by atoms with E-state index in [-0.39, 0.29) is 6.03 Å². The summed E-state index contributed by atoms with van der Waals surface area (Å²) in [6, 6.07) is 8.38. The van der Waals surface area contributed by atoms with Crippen LogP contribution >= 0.6 is 0 Å². The van der Waals surface area contributed by atoms with Crippen molar-refractivity contribution in [1.29, 1.82) is 0 Å². The predicted octanol–water partition coefficient (Wildman–Crippen LogP) is 2.87. The number of imidazole rings is 1. The molecule has 1 fully saturated rings. The molecule has 3 rings (SSSR count). The van der Waals surface area contributed by atoms with E-state index < -0.39 is 0 Å². The van der Waals surface area contributed by atoms with Gasteiger partial charge < -0.3 is 14.8 Å². The molecule has 2 heterocycles. The molecule has 0 radical (unpaired) electrons. The standard InChI is InChI=1S/C18H24N4O/c1-15-4-3-8-22(12-15)18(23)20-11-16-5-2-6-17(10-16)13-21-9-7-19-14-21/h2,5-7,9-10,14-15H,3-4,8,11-13H2,1H3,(H,20,23). The summed E-state index contributed by atoms with van der Waals surface area (Å²) in [6.45, 7) is 5.31. The van der Waals surface area contributed by atoms with Crippen molar-refractivity contribution in [3.63, 3.8) is 0 Å². The lowest BCUT2D eigenvalue weighted by atomic mass is 10.0. The molecule has 2 aromatic rings. The Morgan fingerprint density at radius 3 is 3.04 bits per heavy atom. The summed E-state index contributed by atoms with van der Waals surface area (Å²) >= 11 is 0. The summed E-state index contributed by atoms with van der Waals surface area (Å²) in [5.41, 5.74) is 2.34. The van der Waals surface area contributed by atoms with Crippen LogP contribution in [0.1, 0.15) is 30.9 Å². The van der Waals surface area contributed by atoms with E-state index >= 15 is 0 Å². The molecular weight excluding hydrogens is 288 g/mol. The molecule has 1 N–H and O–H groups in total. The number of aromatic nitrogens is 2. The molecule has 23 heavy (non-hydrogen) atoms. The minimum absolute atomic E-state index is 0.0524. The van der Waals surface area contributed by atoms with Gasteiger partial charge >= 0.3 is 6.03 Å². The summed E-state index contributed by atoms with van der Waals surface area (Å²) in [6.07, 6.45) is 7.87. The van der Waals surface area contributed by atoms with Gasteiger partial charge in [0.05, 0.1) is 6.33 Å². The van der Waals surface area contributed by atoms with Crippen molar-refractivity contribution in [3.8, 4) is 0 Å². The summed E-state index contributed by atoms with van der Waals surface area (Å²) in [7, 11) is 0. The monoisotopic (exact) mass is 312 g/mol. The van der Waals surface area contributed by atoms with Crippen LogP contribution in [-0.4, -0.2) is 33.6 Å². The van der Waals surface area contributed by atoms with Gasteiger partial charge in [-0.15, -0.1) is 0 Å². The number of hydrogen-bond acceptors (Lipinski definition) is 2. The lowest BCUT2D eigenvalue weighted by Crippen LogP contribution is -2.44. The van der Waals surface area contributed by atoms with Gasteiger partial charge in [0.25, 0.3) is 0 Å². The number of hydrogen-bond donors (Lipinski definition) is 1. The quantitative estimate of drug-likeness (QED) is 0.944. The van der Waals surface area contributed by atoms with Gasteiger partial charge in [-0.2, -0.15) is 0 Å². The minimum Gasteiger partial charge on any atom is -0.334 e. The Bertz CT molecular complexity index is 638. The van der Waals surface area contributed by atoms with Gasteiger partial charge in [-0.25, -0.2) is 9.78 Å². The first-order valence-electron chi connectivity index (χ1n) is 8.27. The van der Waals surface area contributed by atoms with Crippen molar-refractivity contribution >= 4 is 6.03 Å². The number of likely N-dealkylation sites (tertiary alicyclic amines) is 1. The first kappa shape index (κ1) is 15.6. The largest absolute Gasteiger partial charge is 0.334 e. The Kier molecular flexibility index (Phi) is 4.95. The van der Waals surface area contributed by atoms with Crippen molar-refractivity contribution in [2.24, 2.45) is 5.92 Å². The average molecular weight is 312 g/mol. The third-order valence-corrected chi connectivity index (χ3v) is 4.30. The van der Waals surface area contributed by atoms with Gasteiger partial charge in [0.2, 0.25) is 0 Å². The van der Waals surface area contributed by atoms with Crippen LogP contribution in [0.15, 0.2) is 43.0 Å². The molecule has 0 spiro atoms. The molecule has 1 unspecified atom stereocenters. The van der Waals surface area contributed by atoms with Crippen LogP contribution in [0.5, 0.6) is 0 Å². The third kappa shape index (κ3) is 4.34. The fourth-order valence-electron chi connectivity index (χ4n) is 3.09. The maximum absolute atomic E-state index is 12.3. The van der Waals surface area contributed by atoms with Crippen LogP contribution in [0.2, 0.25) is 0 Å².